The van der Waals surface area contributed by atoms with Crippen molar-refractivity contribution in [2.24, 2.45) is 0 Å². The lowest BCUT2D eigenvalue weighted by atomic mass is 10.7. The van der Waals surface area contributed by atoms with Gasteiger partial charge in [-0.1, -0.05) is 12.2 Å². The summed E-state index contributed by atoms with van der Waals surface area (Å²) in [5.74, 6) is -0.280. The molecule has 0 heterocycles. The monoisotopic (exact) mass is 158 g/mol. The lowest BCUT2D eigenvalue weighted by molar-refractivity contribution is -0.135. The van der Waals surface area contributed by atoms with E-state index in [0.717, 1.165) is 6.26 Å². The highest BCUT2D eigenvalue weighted by Crippen LogP contribution is 1.75. The molecule has 0 atom stereocenters. The van der Waals surface area contributed by atoms with Crippen molar-refractivity contribution in [3.05, 3.63) is 24.7 Å². The lowest BCUT2D eigenvalue weighted by Crippen LogP contribution is -1.88. The normalized spacial score (nSPS) is 9.36. The Balaban J connectivity index is 0. The molecule has 1 N–H and O–H groups in total. The third kappa shape index (κ3) is 28.4. The van der Waals surface area contributed by atoms with E-state index < -0.39 is 0 Å². The van der Waals surface area contributed by atoms with Crippen LogP contribution >= 0.6 is 0 Å². The minimum atomic E-state index is -0.280. The number of hydrogen-bond acceptors (Lipinski definition) is 3. The van der Waals surface area contributed by atoms with Crippen molar-refractivity contribution in [2.75, 3.05) is 0 Å². The van der Waals surface area contributed by atoms with Crippen LogP contribution in [-0.4, -0.2) is 11.1 Å². The fraction of sp³-hybridized carbons (Fsp3) is 0.375. The zero-order chi connectivity index (χ0) is 9.11. The van der Waals surface area contributed by atoms with E-state index in [1.807, 2.05) is 0 Å². The van der Waals surface area contributed by atoms with Gasteiger partial charge in [0.15, 0.2) is 0 Å². The molecule has 3 heteroatoms. The van der Waals surface area contributed by atoms with E-state index in [1.54, 1.807) is 26.0 Å². The minimum absolute atomic E-state index is 0.280. The van der Waals surface area contributed by atoms with Crippen molar-refractivity contribution >= 4 is 5.97 Å². The molecule has 0 aromatic carbocycles. The summed E-state index contributed by atoms with van der Waals surface area (Å²) in [7, 11) is 0. The molecule has 0 aliphatic heterocycles. The second-order valence-electron chi connectivity index (χ2n) is 1.56. The summed E-state index contributed by atoms with van der Waals surface area (Å²) in [6.07, 6.45) is 5.56. The molecule has 0 radical (unpaired) electrons. The molecule has 0 fully saturated rings. The van der Waals surface area contributed by atoms with Gasteiger partial charge < -0.3 is 9.84 Å². The largest absolute Gasteiger partial charge is 0.516 e. The summed E-state index contributed by atoms with van der Waals surface area (Å²) in [5.41, 5.74) is 0. The Hall–Kier alpha value is -1.25. The summed E-state index contributed by atoms with van der Waals surface area (Å²) >= 11 is 0. The van der Waals surface area contributed by atoms with Gasteiger partial charge in [-0.15, -0.1) is 0 Å². The Labute approximate surface area is 67.0 Å². The number of carbonyl (C=O) groups excluding carboxylic acids is 1. The van der Waals surface area contributed by atoms with Crippen molar-refractivity contribution in [1.82, 2.24) is 0 Å². The Morgan fingerprint density at radius 1 is 1.36 bits per heavy atom. The molecular formula is C8H14O3. The zero-order valence-corrected chi connectivity index (χ0v) is 7.07. The Morgan fingerprint density at radius 3 is 1.91 bits per heavy atom. The van der Waals surface area contributed by atoms with Crippen molar-refractivity contribution in [3.63, 3.8) is 0 Å². The van der Waals surface area contributed by atoms with Gasteiger partial charge >= 0.3 is 5.97 Å². The van der Waals surface area contributed by atoms with Gasteiger partial charge in [-0.25, -0.2) is 0 Å². The average Bonchev–Trinajstić information content (AvgIpc) is 2.01. The van der Waals surface area contributed by atoms with Crippen molar-refractivity contribution in [1.29, 1.82) is 0 Å². The number of carbonyl (C=O) groups is 1. The smallest absolute Gasteiger partial charge is 0.307 e. The number of esters is 1. The molecule has 0 rings (SSSR count). The van der Waals surface area contributed by atoms with Crippen LogP contribution in [-0.2, 0) is 9.53 Å². The van der Waals surface area contributed by atoms with Gasteiger partial charge in [0.05, 0.1) is 12.5 Å². The number of aliphatic hydroxyl groups is 1. The molecule has 0 aliphatic rings. The van der Waals surface area contributed by atoms with Crippen LogP contribution in [0, 0.1) is 0 Å². The van der Waals surface area contributed by atoms with Crippen LogP contribution < -0.4 is 0 Å². The average molecular weight is 158 g/mol. The van der Waals surface area contributed by atoms with Crippen LogP contribution in [0.5, 0.6) is 0 Å². The molecule has 64 valence electrons. The predicted octanol–water partition coefficient (Wildman–Crippen LogP) is 2.16. The van der Waals surface area contributed by atoms with E-state index >= 15 is 0 Å². The Kier molecular flexibility index (Phi) is 13.0. The second kappa shape index (κ2) is 11.5. The highest BCUT2D eigenvalue weighted by atomic mass is 16.5. The Bertz CT molecular complexity index is 132. The van der Waals surface area contributed by atoms with Crippen LogP contribution in [0.25, 0.3) is 0 Å². The summed E-state index contributed by atoms with van der Waals surface area (Å²) in [6, 6.07) is 0. The van der Waals surface area contributed by atoms with Crippen LogP contribution in [0.4, 0.5) is 0 Å². The number of allylic oxidation sites excluding steroid dienone is 2. The van der Waals surface area contributed by atoms with Gasteiger partial charge in [-0.3, -0.25) is 4.79 Å². The van der Waals surface area contributed by atoms with E-state index in [1.165, 1.54) is 13.2 Å². The molecule has 3 nitrogen and oxygen atoms in total. The maximum Gasteiger partial charge on any atom is 0.307 e. The fourth-order valence-corrected chi connectivity index (χ4v) is 0.164. The van der Waals surface area contributed by atoms with Gasteiger partial charge in [-0.05, 0) is 13.8 Å². The molecule has 0 bridgehead atoms. The van der Waals surface area contributed by atoms with Crippen LogP contribution in [0.1, 0.15) is 20.8 Å². The van der Waals surface area contributed by atoms with Crippen LogP contribution in [0.15, 0.2) is 24.7 Å². The SMILES string of the molecule is C/C=C/O.C/C=C/OC(C)=O. The van der Waals surface area contributed by atoms with Crippen LogP contribution in [0.3, 0.4) is 0 Å². The van der Waals surface area contributed by atoms with Gasteiger partial charge in [0.2, 0.25) is 0 Å². The maximum absolute atomic E-state index is 9.93. The van der Waals surface area contributed by atoms with Crippen molar-refractivity contribution in [3.8, 4) is 0 Å². The third-order valence-electron chi connectivity index (χ3n) is 0.519. The topological polar surface area (TPSA) is 46.5 Å². The standard InChI is InChI=1S/C5H8O2.C3H6O/c1-3-4-7-5(2)6;1-2-3-4/h3-4H,1-2H3;2-4H,1H3/b4-3+;3-2+. The highest BCUT2D eigenvalue weighted by molar-refractivity contribution is 5.66. The first kappa shape index (κ1) is 12.4. The van der Waals surface area contributed by atoms with Gasteiger partial charge in [-0.2, -0.15) is 0 Å². The van der Waals surface area contributed by atoms with E-state index in [2.05, 4.69) is 4.74 Å². The number of aliphatic hydroxyl groups excluding tert-OH is 1. The van der Waals surface area contributed by atoms with E-state index in [9.17, 15) is 4.79 Å². The van der Waals surface area contributed by atoms with Crippen molar-refractivity contribution in [2.45, 2.75) is 20.8 Å². The first-order valence-corrected chi connectivity index (χ1v) is 3.22. The molecule has 0 amide bonds. The quantitative estimate of drug-likeness (QED) is 0.470. The number of rotatable bonds is 1. The molecule has 0 saturated heterocycles. The molecule has 0 aromatic rings. The predicted molar refractivity (Wildman–Crippen MR) is 44.0 cm³/mol. The van der Waals surface area contributed by atoms with E-state index in [4.69, 9.17) is 5.11 Å². The molecule has 0 saturated carbocycles. The summed E-state index contributed by atoms with van der Waals surface area (Å²) < 4.78 is 4.37. The second-order valence-corrected chi connectivity index (χ2v) is 1.56. The Morgan fingerprint density at radius 2 is 1.82 bits per heavy atom. The number of hydrogen-bond donors (Lipinski definition) is 1. The zero-order valence-electron chi connectivity index (χ0n) is 7.07. The van der Waals surface area contributed by atoms with E-state index in [0.29, 0.717) is 0 Å². The number of ether oxygens (including phenoxy) is 1. The molecule has 0 aromatic heterocycles. The maximum atomic E-state index is 9.93. The molecule has 0 spiro atoms. The van der Waals surface area contributed by atoms with Gasteiger partial charge in [0.25, 0.3) is 0 Å². The molecular weight excluding hydrogens is 144 g/mol. The lowest BCUT2D eigenvalue weighted by Gasteiger charge is -1.85. The third-order valence-corrected chi connectivity index (χ3v) is 0.519. The summed E-state index contributed by atoms with van der Waals surface area (Å²) in [5, 5.41) is 7.69. The van der Waals surface area contributed by atoms with Crippen LogP contribution in [0.2, 0.25) is 0 Å². The first-order valence-electron chi connectivity index (χ1n) is 3.22. The molecule has 0 unspecified atom stereocenters. The van der Waals surface area contributed by atoms with Crippen molar-refractivity contribution < 1.29 is 14.6 Å². The highest BCUT2D eigenvalue weighted by Gasteiger charge is 1.80. The van der Waals surface area contributed by atoms with E-state index in [-0.39, 0.29) is 5.97 Å². The molecule has 11 heavy (non-hydrogen) atoms. The fourth-order valence-electron chi connectivity index (χ4n) is 0.164. The van der Waals surface area contributed by atoms with Gasteiger partial charge in [0, 0.05) is 6.92 Å². The first-order chi connectivity index (χ1) is 5.18. The minimum Gasteiger partial charge on any atom is -0.516 e. The summed E-state index contributed by atoms with van der Waals surface area (Å²) in [4.78, 5) is 9.93. The summed E-state index contributed by atoms with van der Waals surface area (Å²) in [6.45, 7) is 4.89. The molecule has 0 aliphatic carbocycles. The van der Waals surface area contributed by atoms with Gasteiger partial charge in [0.1, 0.15) is 0 Å².